The van der Waals surface area contributed by atoms with Crippen molar-refractivity contribution < 1.29 is 31.2 Å². The van der Waals surface area contributed by atoms with E-state index in [-0.39, 0.29) is 23.1 Å². The van der Waals surface area contributed by atoms with Crippen molar-refractivity contribution in [2.24, 2.45) is 0 Å². The molecule has 152 valence electrons. The number of ketones is 1. The molecule has 3 aromatic carbocycles. The average Bonchev–Trinajstić information content (AvgIpc) is 2.70. The summed E-state index contributed by atoms with van der Waals surface area (Å²) in [7, 11) is 0. The molecule has 0 aliphatic carbocycles. The molecule has 0 saturated heterocycles. The summed E-state index contributed by atoms with van der Waals surface area (Å²) in [6, 6.07) is 10.9. The first-order chi connectivity index (χ1) is 14.1. The zero-order valence-electron chi connectivity index (χ0n) is 14.7. The number of hydrogen-bond donors (Lipinski definition) is 0. The van der Waals surface area contributed by atoms with Gasteiger partial charge in [-0.05, 0) is 10.8 Å². The summed E-state index contributed by atoms with van der Waals surface area (Å²) >= 11 is 0. The van der Waals surface area contributed by atoms with Gasteiger partial charge in [0, 0.05) is 16.5 Å². The molecule has 0 radical (unpaired) electrons. The fraction of sp³-hybridized carbons (Fsp3) is 0.0500. The minimum atomic E-state index is -5.43. The molecule has 4 aromatic rings. The summed E-state index contributed by atoms with van der Waals surface area (Å²) in [5.41, 5.74) is -5.89. The van der Waals surface area contributed by atoms with E-state index in [0.717, 1.165) is 0 Å². The van der Waals surface area contributed by atoms with Gasteiger partial charge in [0.15, 0.2) is 11.6 Å². The molecular weight excluding hydrogens is 411 g/mol. The molecule has 1 heterocycles. The topological polar surface area (TPSA) is 68.0 Å². The quantitative estimate of drug-likeness (QED) is 0.271. The second-order valence-electron chi connectivity index (χ2n) is 6.39. The Labute approximate surface area is 163 Å². The van der Waals surface area contributed by atoms with Gasteiger partial charge in [-0.1, -0.05) is 42.5 Å². The Balaban J connectivity index is 2.14. The van der Waals surface area contributed by atoms with Crippen molar-refractivity contribution in [1.29, 1.82) is 0 Å². The highest BCUT2D eigenvalue weighted by Crippen LogP contribution is 2.34. The van der Waals surface area contributed by atoms with Gasteiger partial charge in [-0.25, -0.2) is 8.78 Å². The Morgan fingerprint density at radius 1 is 0.967 bits per heavy atom. The lowest BCUT2D eigenvalue weighted by Crippen LogP contribution is -2.35. The molecule has 30 heavy (non-hydrogen) atoms. The maximum absolute atomic E-state index is 13.7. The summed E-state index contributed by atoms with van der Waals surface area (Å²) in [6.45, 7) is 0. The molecule has 1 aromatic heterocycles. The normalized spacial score (nSPS) is 11.9. The maximum atomic E-state index is 13.7. The second kappa shape index (κ2) is 6.61. The van der Waals surface area contributed by atoms with Gasteiger partial charge in [-0.2, -0.15) is 13.2 Å². The molecule has 10 heteroatoms. The molecule has 0 bridgehead atoms. The van der Waals surface area contributed by atoms with Crippen LogP contribution in [0.1, 0.15) is 21.7 Å². The predicted molar refractivity (Wildman–Crippen MR) is 96.4 cm³/mol. The Hall–Kier alpha value is -3.82. The third-order valence-electron chi connectivity index (χ3n) is 4.60. The van der Waals surface area contributed by atoms with Crippen LogP contribution in [0.15, 0.2) is 54.6 Å². The van der Waals surface area contributed by atoms with Crippen molar-refractivity contribution in [1.82, 2.24) is 4.73 Å². The summed E-state index contributed by atoms with van der Waals surface area (Å²) < 4.78 is 66.9. The summed E-state index contributed by atoms with van der Waals surface area (Å²) in [4.78, 5) is 25.8. The van der Waals surface area contributed by atoms with Crippen LogP contribution in [0.4, 0.5) is 22.0 Å². The molecule has 5 nitrogen and oxygen atoms in total. The van der Waals surface area contributed by atoms with Crippen LogP contribution in [0.3, 0.4) is 0 Å². The summed E-state index contributed by atoms with van der Waals surface area (Å²) in [6.07, 6.45) is -5.43. The van der Waals surface area contributed by atoms with Crippen LogP contribution < -0.4 is 4.43 Å². The van der Waals surface area contributed by atoms with Gasteiger partial charge >= 0.3 is 11.9 Å². The Kier molecular flexibility index (Phi) is 4.30. The number of rotatable bonds is 2. The van der Waals surface area contributed by atoms with E-state index in [1.165, 1.54) is 18.2 Å². The van der Waals surface area contributed by atoms with Crippen molar-refractivity contribution in [3.8, 4) is 0 Å². The lowest BCUT2D eigenvalue weighted by Gasteiger charge is -2.20. The zero-order chi connectivity index (χ0) is 21.8. The van der Waals surface area contributed by atoms with E-state index in [1.54, 1.807) is 24.3 Å². The van der Waals surface area contributed by atoms with E-state index in [9.17, 15) is 36.9 Å². The van der Waals surface area contributed by atoms with Gasteiger partial charge in [0.05, 0.1) is 10.5 Å². The van der Waals surface area contributed by atoms with Crippen molar-refractivity contribution in [2.45, 2.75) is 6.18 Å². The predicted octanol–water partition coefficient (Wildman–Crippen LogP) is 4.58. The maximum Gasteiger partial charge on any atom is 0.438 e. The van der Waals surface area contributed by atoms with Crippen molar-refractivity contribution in [3.63, 3.8) is 0 Å². The van der Waals surface area contributed by atoms with E-state index in [4.69, 9.17) is 0 Å². The van der Waals surface area contributed by atoms with Crippen LogP contribution in [-0.2, 0) is 6.18 Å². The van der Waals surface area contributed by atoms with Crippen LogP contribution >= 0.6 is 0 Å². The Morgan fingerprint density at radius 2 is 1.60 bits per heavy atom. The summed E-state index contributed by atoms with van der Waals surface area (Å²) in [5.74, 6) is -4.56. The van der Waals surface area contributed by atoms with Crippen LogP contribution in [0.2, 0.25) is 0 Å². The largest absolute Gasteiger partial charge is 0.805 e. The monoisotopic (exact) mass is 420 g/mol. The number of alkyl halides is 3. The van der Waals surface area contributed by atoms with Crippen LogP contribution in [-0.4, -0.2) is 10.5 Å². The number of halogens is 5. The fourth-order valence-electron chi connectivity index (χ4n) is 3.28. The highest BCUT2D eigenvalue weighted by atomic mass is 19.4. The van der Waals surface area contributed by atoms with Crippen molar-refractivity contribution >= 4 is 27.6 Å². The number of benzene rings is 3. The van der Waals surface area contributed by atoms with Gasteiger partial charge < -0.3 is 9.94 Å². The molecule has 0 fully saturated rings. The van der Waals surface area contributed by atoms with E-state index >= 15 is 0 Å². The number of fused-ring (bicyclic) bond motifs is 2. The number of aromatic nitrogens is 2. The first-order valence-electron chi connectivity index (χ1n) is 8.38. The standard InChI is InChI=1S/C20H9F5N2O3/c21-13-8-15-16(9-14(13)22)27(30)19(20(23,24)25)17(26(15)29)18(28)12-7-3-5-10-4-1-2-6-11(10)12/h1-9H. The Morgan fingerprint density at radius 3 is 2.30 bits per heavy atom. The van der Waals surface area contributed by atoms with E-state index in [0.29, 0.717) is 5.39 Å². The second-order valence-corrected chi connectivity index (χ2v) is 6.39. The minimum Gasteiger partial charge on any atom is -0.805 e. The lowest BCUT2D eigenvalue weighted by molar-refractivity contribution is -0.470. The highest BCUT2D eigenvalue weighted by Gasteiger charge is 2.45. The van der Waals surface area contributed by atoms with E-state index < -0.39 is 55.2 Å². The number of carbonyl (C=O) groups excluding carboxylic acids is 1. The van der Waals surface area contributed by atoms with E-state index in [2.05, 4.69) is 0 Å². The zero-order valence-corrected chi connectivity index (χ0v) is 14.7. The first-order valence-corrected chi connectivity index (χ1v) is 8.38. The molecular formula is C20H9F5N2O3. The molecule has 0 N–H and O–H groups in total. The molecule has 0 spiro atoms. The molecule has 0 aliphatic heterocycles. The molecule has 0 atom stereocenters. The minimum absolute atomic E-state index is 0.174. The van der Waals surface area contributed by atoms with Gasteiger partial charge in [0.2, 0.25) is 5.69 Å². The van der Waals surface area contributed by atoms with Crippen LogP contribution in [0.5, 0.6) is 0 Å². The van der Waals surface area contributed by atoms with Crippen LogP contribution in [0, 0.1) is 21.7 Å². The number of nitrogens with zero attached hydrogens (tertiary/aromatic N) is 2. The highest BCUT2D eigenvalue weighted by molar-refractivity contribution is 6.15. The number of carbonyl (C=O) groups is 1. The smallest absolute Gasteiger partial charge is 0.438 e. The van der Waals surface area contributed by atoms with Gasteiger partial charge in [-0.3, -0.25) is 4.79 Å². The Bertz CT molecular complexity index is 1400. The SMILES string of the molecule is O=C(c1cccc2ccccc12)c1c(C(F)(F)F)n([O-])c2cc(F)c(F)cc2[n+]1=O. The molecule has 4 rings (SSSR count). The molecule has 0 unspecified atom stereocenters. The van der Waals surface area contributed by atoms with E-state index in [1.807, 2.05) is 0 Å². The van der Waals surface area contributed by atoms with Gasteiger partial charge in [-0.15, -0.1) is 0 Å². The van der Waals surface area contributed by atoms with Gasteiger partial charge in [0.25, 0.3) is 11.3 Å². The number of hydrogen-bond acceptors (Lipinski definition) is 3. The third kappa shape index (κ3) is 2.88. The van der Waals surface area contributed by atoms with Crippen molar-refractivity contribution in [2.75, 3.05) is 0 Å². The molecule has 0 amide bonds. The third-order valence-corrected chi connectivity index (χ3v) is 4.60. The van der Waals surface area contributed by atoms with Gasteiger partial charge in [0.1, 0.15) is 5.52 Å². The molecule has 0 aliphatic rings. The molecule has 0 saturated carbocycles. The summed E-state index contributed by atoms with van der Waals surface area (Å²) in [5, 5.41) is 13.2. The van der Waals surface area contributed by atoms with Crippen LogP contribution in [0.25, 0.3) is 21.8 Å². The lowest BCUT2D eigenvalue weighted by atomic mass is 9.98. The first kappa shape index (κ1) is 19.5. The van der Waals surface area contributed by atoms with Crippen molar-refractivity contribution in [3.05, 3.63) is 93.3 Å². The fourth-order valence-corrected chi connectivity index (χ4v) is 3.28. The average molecular weight is 420 g/mol.